The monoisotopic (exact) mass is 392 g/mol. The van der Waals surface area contributed by atoms with Crippen LogP contribution in [0, 0.1) is 0 Å². The van der Waals surface area contributed by atoms with Crippen LogP contribution >= 0.6 is 0 Å². The smallest absolute Gasteiger partial charge is 0.255 e. The summed E-state index contributed by atoms with van der Waals surface area (Å²) in [5.74, 6) is -0.137. The lowest BCUT2D eigenvalue weighted by Crippen LogP contribution is -2.33. The highest BCUT2D eigenvalue weighted by Gasteiger charge is 2.23. The van der Waals surface area contributed by atoms with Crippen LogP contribution in [0.5, 0.6) is 0 Å². The molecule has 0 radical (unpaired) electrons. The van der Waals surface area contributed by atoms with Gasteiger partial charge in [0.05, 0.1) is 22.8 Å². The number of aryl methyl sites for hydroxylation is 1. The summed E-state index contributed by atoms with van der Waals surface area (Å²) in [5.41, 5.74) is 9.29. The third-order valence-electron chi connectivity index (χ3n) is 5.63. The average molecular weight is 393 g/mol. The molecule has 1 saturated carbocycles. The molecular weight excluding hydrogens is 364 g/mol. The van der Waals surface area contributed by atoms with Gasteiger partial charge in [0.1, 0.15) is 0 Å². The molecule has 1 aliphatic carbocycles. The first kappa shape index (κ1) is 19.4. The van der Waals surface area contributed by atoms with E-state index in [1.54, 1.807) is 12.4 Å². The van der Waals surface area contributed by atoms with Gasteiger partial charge in [0, 0.05) is 31.4 Å². The Labute approximate surface area is 170 Å². The molecule has 0 unspecified atom stereocenters. The number of rotatable bonds is 6. The molecule has 152 valence electrons. The van der Waals surface area contributed by atoms with Crippen LogP contribution in [0.4, 0.5) is 5.69 Å². The molecule has 0 atom stereocenters. The lowest BCUT2D eigenvalue weighted by molar-refractivity contribution is 0.0951. The summed E-state index contributed by atoms with van der Waals surface area (Å²) in [6, 6.07) is 10.5. The highest BCUT2D eigenvalue weighted by atomic mass is 16.1. The second kappa shape index (κ2) is 8.61. The molecule has 3 aromatic rings. The minimum absolute atomic E-state index is 0.137. The van der Waals surface area contributed by atoms with Crippen LogP contribution in [0.3, 0.4) is 0 Å². The number of carbonyl (C=O) groups excluding carboxylic acids is 1. The minimum atomic E-state index is -0.137. The first-order valence-electron chi connectivity index (χ1n) is 10.3. The first-order valence-corrected chi connectivity index (χ1v) is 10.3. The normalized spacial score (nSPS) is 19.2. The molecule has 29 heavy (non-hydrogen) atoms. The van der Waals surface area contributed by atoms with Crippen molar-refractivity contribution in [2.75, 3.05) is 5.32 Å². The van der Waals surface area contributed by atoms with E-state index in [4.69, 9.17) is 5.73 Å². The van der Waals surface area contributed by atoms with E-state index in [0.29, 0.717) is 18.2 Å². The van der Waals surface area contributed by atoms with Gasteiger partial charge in [-0.15, -0.1) is 0 Å². The lowest BCUT2D eigenvalue weighted by Gasteiger charge is -2.28. The summed E-state index contributed by atoms with van der Waals surface area (Å²) in [5, 5.41) is 12.0. The number of hydrogen-bond donors (Lipinski definition) is 3. The molecule has 4 N–H and O–H groups in total. The van der Waals surface area contributed by atoms with E-state index in [1.807, 2.05) is 41.9 Å². The van der Waals surface area contributed by atoms with Crippen LogP contribution < -0.4 is 16.4 Å². The Morgan fingerprint density at radius 3 is 2.66 bits per heavy atom. The molecule has 0 spiro atoms. The van der Waals surface area contributed by atoms with Gasteiger partial charge < -0.3 is 16.4 Å². The average Bonchev–Trinajstić information content (AvgIpc) is 3.18. The van der Waals surface area contributed by atoms with Crippen molar-refractivity contribution in [1.82, 2.24) is 20.1 Å². The predicted octanol–water partition coefficient (Wildman–Crippen LogP) is 3.06. The Bertz CT molecular complexity index is 976. The molecule has 7 nitrogen and oxygen atoms in total. The Morgan fingerprint density at radius 1 is 1.17 bits per heavy atom. The first-order chi connectivity index (χ1) is 14.2. The van der Waals surface area contributed by atoms with Crippen molar-refractivity contribution in [3.8, 4) is 0 Å². The van der Waals surface area contributed by atoms with Crippen LogP contribution in [-0.4, -0.2) is 32.8 Å². The Morgan fingerprint density at radius 2 is 1.93 bits per heavy atom. The Balaban J connectivity index is 1.62. The van der Waals surface area contributed by atoms with E-state index >= 15 is 0 Å². The summed E-state index contributed by atoms with van der Waals surface area (Å²) in [4.78, 5) is 17.5. The Kier molecular flexibility index (Phi) is 5.76. The van der Waals surface area contributed by atoms with Crippen LogP contribution in [0.2, 0.25) is 0 Å². The summed E-state index contributed by atoms with van der Waals surface area (Å²) in [7, 11) is 0. The summed E-state index contributed by atoms with van der Waals surface area (Å²) >= 11 is 0. The van der Waals surface area contributed by atoms with Crippen molar-refractivity contribution in [2.45, 2.75) is 57.8 Å². The SMILES string of the molecule is CCn1ncc2c(N[C@H]3CC[C@H](N)CC3)c(C(=O)NCc3ccccc3)cnc21. The van der Waals surface area contributed by atoms with Gasteiger partial charge in [-0.2, -0.15) is 5.10 Å². The van der Waals surface area contributed by atoms with E-state index in [-0.39, 0.29) is 11.9 Å². The number of aromatic nitrogens is 3. The van der Waals surface area contributed by atoms with E-state index in [1.165, 1.54) is 0 Å². The quantitative estimate of drug-likeness (QED) is 0.599. The van der Waals surface area contributed by atoms with Crippen LogP contribution in [0.15, 0.2) is 42.7 Å². The molecular formula is C22H28N6O. The lowest BCUT2D eigenvalue weighted by atomic mass is 9.91. The van der Waals surface area contributed by atoms with Crippen LogP contribution in [0.25, 0.3) is 11.0 Å². The van der Waals surface area contributed by atoms with Gasteiger partial charge in [0.25, 0.3) is 5.91 Å². The largest absolute Gasteiger partial charge is 0.381 e. The highest BCUT2D eigenvalue weighted by Crippen LogP contribution is 2.29. The van der Waals surface area contributed by atoms with E-state index in [9.17, 15) is 4.79 Å². The van der Waals surface area contributed by atoms with E-state index in [2.05, 4.69) is 20.7 Å². The second-order valence-electron chi connectivity index (χ2n) is 7.67. The number of nitrogens with two attached hydrogens (primary N) is 1. The van der Waals surface area contributed by atoms with Crippen molar-refractivity contribution in [1.29, 1.82) is 0 Å². The van der Waals surface area contributed by atoms with Gasteiger partial charge in [-0.05, 0) is 38.2 Å². The van der Waals surface area contributed by atoms with E-state index < -0.39 is 0 Å². The maximum atomic E-state index is 13.0. The number of carbonyl (C=O) groups is 1. The fourth-order valence-electron chi connectivity index (χ4n) is 3.93. The standard InChI is InChI=1S/C22H28N6O/c1-2-28-21-18(14-26-28)20(27-17-10-8-16(23)9-11-17)19(13-24-21)22(29)25-12-15-6-4-3-5-7-15/h3-7,13-14,16-17H,2,8-12,23H2,1H3,(H,24,27)(H,25,29)/t16-,17-. The van der Waals surface area contributed by atoms with Crippen LogP contribution in [-0.2, 0) is 13.1 Å². The molecule has 7 heteroatoms. The molecule has 2 aromatic heterocycles. The number of benzene rings is 1. The number of nitrogens with zero attached hydrogens (tertiary/aromatic N) is 3. The van der Waals surface area contributed by atoms with Gasteiger partial charge in [-0.25, -0.2) is 9.67 Å². The van der Waals surface area contributed by atoms with Crippen molar-refractivity contribution >= 4 is 22.6 Å². The highest BCUT2D eigenvalue weighted by molar-refractivity contribution is 6.06. The number of nitrogens with one attached hydrogen (secondary N) is 2. The van der Waals surface area contributed by atoms with Gasteiger partial charge >= 0.3 is 0 Å². The summed E-state index contributed by atoms with van der Waals surface area (Å²) in [6.07, 6.45) is 7.45. The maximum Gasteiger partial charge on any atom is 0.255 e. The number of anilines is 1. The maximum absolute atomic E-state index is 13.0. The number of fused-ring (bicyclic) bond motifs is 1. The minimum Gasteiger partial charge on any atom is -0.381 e. The molecule has 0 bridgehead atoms. The predicted molar refractivity (Wildman–Crippen MR) is 115 cm³/mol. The van der Waals surface area contributed by atoms with Crippen LogP contribution in [0.1, 0.15) is 48.5 Å². The number of amides is 1. The molecule has 2 heterocycles. The molecule has 0 saturated heterocycles. The van der Waals surface area contributed by atoms with Crippen molar-refractivity contribution in [2.24, 2.45) is 5.73 Å². The molecule has 4 rings (SSSR count). The number of hydrogen-bond acceptors (Lipinski definition) is 5. The van der Waals surface area contributed by atoms with E-state index in [0.717, 1.165) is 54.5 Å². The van der Waals surface area contributed by atoms with Crippen molar-refractivity contribution in [3.05, 3.63) is 53.9 Å². The van der Waals surface area contributed by atoms with Crippen molar-refractivity contribution in [3.63, 3.8) is 0 Å². The molecule has 0 aliphatic heterocycles. The van der Waals surface area contributed by atoms with Gasteiger partial charge in [0.2, 0.25) is 0 Å². The zero-order chi connectivity index (χ0) is 20.2. The molecule has 1 aromatic carbocycles. The molecule has 1 fully saturated rings. The Hall–Kier alpha value is -2.93. The number of pyridine rings is 1. The van der Waals surface area contributed by atoms with Gasteiger partial charge in [0.15, 0.2) is 5.65 Å². The fraction of sp³-hybridized carbons (Fsp3) is 0.409. The second-order valence-corrected chi connectivity index (χ2v) is 7.67. The third-order valence-corrected chi connectivity index (χ3v) is 5.63. The molecule has 1 amide bonds. The summed E-state index contributed by atoms with van der Waals surface area (Å²) < 4.78 is 1.85. The topological polar surface area (TPSA) is 97.9 Å². The summed E-state index contributed by atoms with van der Waals surface area (Å²) in [6.45, 7) is 3.24. The third kappa shape index (κ3) is 4.24. The zero-order valence-corrected chi connectivity index (χ0v) is 16.8. The van der Waals surface area contributed by atoms with Gasteiger partial charge in [-0.1, -0.05) is 30.3 Å². The van der Waals surface area contributed by atoms with Gasteiger partial charge in [-0.3, -0.25) is 4.79 Å². The zero-order valence-electron chi connectivity index (χ0n) is 16.8. The molecule has 1 aliphatic rings. The fourth-order valence-corrected chi connectivity index (χ4v) is 3.93. The van der Waals surface area contributed by atoms with Crippen molar-refractivity contribution < 1.29 is 4.79 Å².